The fraction of sp³-hybridized carbons (Fsp3) is 0.308. The lowest BCUT2D eigenvalue weighted by atomic mass is 10.1. The number of aromatic amines is 1. The smallest absolute Gasteiger partial charge is 0.249 e. The molecule has 0 bridgehead atoms. The molecule has 1 fully saturated rings. The summed E-state index contributed by atoms with van der Waals surface area (Å²) >= 11 is 0. The van der Waals surface area contributed by atoms with Crippen LogP contribution in [-0.4, -0.2) is 35.8 Å². The number of H-pyrrole nitrogens is 1. The van der Waals surface area contributed by atoms with E-state index in [9.17, 15) is 17.6 Å². The molecule has 1 amide bonds. The van der Waals surface area contributed by atoms with E-state index in [0.717, 1.165) is 11.8 Å². The summed E-state index contributed by atoms with van der Waals surface area (Å²) in [6.07, 6.45) is 1.60. The van der Waals surface area contributed by atoms with Crippen molar-refractivity contribution < 1.29 is 17.6 Å². The van der Waals surface area contributed by atoms with E-state index in [-0.39, 0.29) is 34.7 Å². The number of benzene rings is 1. The van der Waals surface area contributed by atoms with Gasteiger partial charge in [-0.2, -0.15) is 4.98 Å². The fourth-order valence-electron chi connectivity index (χ4n) is 2.26. The summed E-state index contributed by atoms with van der Waals surface area (Å²) in [5.41, 5.74) is 0.770. The Bertz CT molecular complexity index is 833. The number of hydrogen-bond donors (Lipinski definition) is 2. The van der Waals surface area contributed by atoms with E-state index < -0.39 is 9.84 Å². The molecule has 0 saturated heterocycles. The first-order chi connectivity index (χ1) is 10.3. The molecule has 0 unspecified atom stereocenters. The van der Waals surface area contributed by atoms with Gasteiger partial charge >= 0.3 is 0 Å². The molecule has 7 nitrogen and oxygen atoms in total. The van der Waals surface area contributed by atoms with Gasteiger partial charge in [0.25, 0.3) is 0 Å². The first-order valence-corrected chi connectivity index (χ1v) is 8.42. The summed E-state index contributed by atoms with van der Waals surface area (Å²) in [7, 11) is -3.50. The number of anilines is 1. The average molecular weight is 324 g/mol. The average Bonchev–Trinajstić information content (AvgIpc) is 3.10. The summed E-state index contributed by atoms with van der Waals surface area (Å²) in [6.45, 7) is 0. The van der Waals surface area contributed by atoms with Gasteiger partial charge in [-0.15, -0.1) is 5.10 Å². The van der Waals surface area contributed by atoms with Crippen LogP contribution in [-0.2, 0) is 14.6 Å². The quantitative estimate of drug-likeness (QED) is 0.876. The molecule has 1 aliphatic rings. The summed E-state index contributed by atoms with van der Waals surface area (Å²) < 4.78 is 35.7. The molecule has 9 heteroatoms. The number of hydrogen-bond acceptors (Lipinski definition) is 5. The maximum Gasteiger partial charge on any atom is 0.249 e. The van der Waals surface area contributed by atoms with E-state index in [4.69, 9.17) is 0 Å². The van der Waals surface area contributed by atoms with E-state index in [1.165, 1.54) is 12.1 Å². The molecule has 116 valence electrons. The van der Waals surface area contributed by atoms with Crippen molar-refractivity contribution in [3.05, 3.63) is 35.6 Å². The SMILES string of the molecule is CS(=O)(=O)c1nc(NC(=O)[C@@H]2C[C@@H]2c2cccc(F)c2)n[nH]1. The number of amides is 1. The van der Waals surface area contributed by atoms with Crippen molar-refractivity contribution in [1.82, 2.24) is 15.2 Å². The third-order valence-corrected chi connectivity index (χ3v) is 4.34. The first kappa shape index (κ1) is 14.6. The lowest BCUT2D eigenvalue weighted by molar-refractivity contribution is -0.117. The molecule has 0 aliphatic heterocycles. The lowest BCUT2D eigenvalue weighted by Crippen LogP contribution is -2.15. The zero-order valence-electron chi connectivity index (χ0n) is 11.6. The van der Waals surface area contributed by atoms with Crippen LogP contribution in [0.15, 0.2) is 29.4 Å². The minimum atomic E-state index is -3.50. The van der Waals surface area contributed by atoms with Crippen molar-refractivity contribution in [2.45, 2.75) is 17.5 Å². The molecular weight excluding hydrogens is 311 g/mol. The highest BCUT2D eigenvalue weighted by Gasteiger charge is 2.44. The van der Waals surface area contributed by atoms with Crippen molar-refractivity contribution in [3.8, 4) is 0 Å². The Hall–Kier alpha value is -2.29. The van der Waals surface area contributed by atoms with Gasteiger partial charge in [0, 0.05) is 12.2 Å². The van der Waals surface area contributed by atoms with Gasteiger partial charge in [0.15, 0.2) is 0 Å². The highest BCUT2D eigenvalue weighted by atomic mass is 32.2. The van der Waals surface area contributed by atoms with Crippen molar-refractivity contribution in [1.29, 1.82) is 0 Å². The predicted molar refractivity (Wildman–Crippen MR) is 75.4 cm³/mol. The highest BCUT2D eigenvalue weighted by Crippen LogP contribution is 2.47. The molecule has 0 spiro atoms. The molecular formula is C13H13FN4O3S. The van der Waals surface area contributed by atoms with E-state index in [2.05, 4.69) is 20.5 Å². The monoisotopic (exact) mass is 324 g/mol. The fourth-order valence-corrected chi connectivity index (χ4v) is 2.73. The van der Waals surface area contributed by atoms with Gasteiger partial charge in [0.2, 0.25) is 26.8 Å². The molecule has 1 heterocycles. The molecule has 22 heavy (non-hydrogen) atoms. The van der Waals surface area contributed by atoms with Crippen LogP contribution in [0.5, 0.6) is 0 Å². The van der Waals surface area contributed by atoms with Crippen LogP contribution in [0.4, 0.5) is 10.3 Å². The Balaban J connectivity index is 1.66. The Labute approximate surface area is 125 Å². The van der Waals surface area contributed by atoms with Gasteiger partial charge in [-0.3, -0.25) is 10.1 Å². The lowest BCUT2D eigenvalue weighted by Gasteiger charge is -2.01. The van der Waals surface area contributed by atoms with Gasteiger partial charge in [-0.25, -0.2) is 17.9 Å². The van der Waals surface area contributed by atoms with Crippen molar-refractivity contribution in [3.63, 3.8) is 0 Å². The largest absolute Gasteiger partial charge is 0.293 e. The minimum Gasteiger partial charge on any atom is -0.293 e. The number of nitrogens with one attached hydrogen (secondary N) is 2. The zero-order valence-corrected chi connectivity index (χ0v) is 12.4. The minimum absolute atomic E-state index is 0.0379. The summed E-state index contributed by atoms with van der Waals surface area (Å²) in [5, 5.41) is 8.04. The summed E-state index contributed by atoms with van der Waals surface area (Å²) in [6, 6.07) is 6.13. The number of nitrogens with zero attached hydrogens (tertiary/aromatic N) is 2. The zero-order chi connectivity index (χ0) is 15.9. The second kappa shape index (κ2) is 5.16. The normalized spacial score (nSPS) is 20.6. The molecule has 0 radical (unpaired) electrons. The summed E-state index contributed by atoms with van der Waals surface area (Å²) in [5.74, 6) is -1.06. The van der Waals surface area contributed by atoms with Crippen LogP contribution in [0.25, 0.3) is 0 Å². The molecule has 2 aromatic rings. The van der Waals surface area contributed by atoms with Crippen molar-refractivity contribution in [2.75, 3.05) is 11.6 Å². The van der Waals surface area contributed by atoms with Crippen LogP contribution in [0.3, 0.4) is 0 Å². The van der Waals surface area contributed by atoms with Crippen molar-refractivity contribution >= 4 is 21.7 Å². The Kier molecular flexibility index (Phi) is 3.44. The molecule has 1 aromatic heterocycles. The van der Waals surface area contributed by atoms with Gasteiger partial charge in [0.05, 0.1) is 0 Å². The topological polar surface area (TPSA) is 105 Å². The number of sulfone groups is 1. The Morgan fingerprint density at radius 1 is 1.45 bits per heavy atom. The van der Waals surface area contributed by atoms with E-state index >= 15 is 0 Å². The molecule has 1 saturated carbocycles. The highest BCUT2D eigenvalue weighted by molar-refractivity contribution is 7.90. The van der Waals surface area contributed by atoms with Gasteiger partial charge < -0.3 is 0 Å². The standard InChI is InChI=1S/C13H13FN4O3S/c1-22(20,21)13-16-12(17-18-13)15-11(19)10-6-9(10)7-3-2-4-8(14)5-7/h2-5,9-10H,6H2,1H3,(H2,15,16,17,18,19)/t9-,10-/m1/s1. The predicted octanol–water partition coefficient (Wildman–Crippen LogP) is 1.09. The Morgan fingerprint density at radius 3 is 2.86 bits per heavy atom. The van der Waals surface area contributed by atoms with Crippen LogP contribution in [0.2, 0.25) is 0 Å². The van der Waals surface area contributed by atoms with Gasteiger partial charge in [0.1, 0.15) is 5.82 Å². The number of aromatic nitrogens is 3. The number of carbonyl (C=O) groups is 1. The van der Waals surface area contributed by atoms with E-state index in [1.54, 1.807) is 12.1 Å². The third kappa shape index (κ3) is 2.98. The maximum absolute atomic E-state index is 13.2. The van der Waals surface area contributed by atoms with Crippen LogP contribution in [0, 0.1) is 11.7 Å². The Morgan fingerprint density at radius 2 is 2.23 bits per heavy atom. The van der Waals surface area contributed by atoms with E-state index in [1.807, 2.05) is 0 Å². The van der Waals surface area contributed by atoms with Gasteiger partial charge in [-0.05, 0) is 30.0 Å². The second-order valence-electron chi connectivity index (χ2n) is 5.23. The van der Waals surface area contributed by atoms with Gasteiger partial charge in [-0.1, -0.05) is 12.1 Å². The molecule has 2 N–H and O–H groups in total. The molecule has 2 atom stereocenters. The number of rotatable bonds is 4. The second-order valence-corrected chi connectivity index (χ2v) is 7.16. The molecule has 1 aromatic carbocycles. The van der Waals surface area contributed by atoms with Crippen LogP contribution in [0.1, 0.15) is 17.9 Å². The van der Waals surface area contributed by atoms with Crippen LogP contribution < -0.4 is 5.32 Å². The number of halogens is 1. The van der Waals surface area contributed by atoms with E-state index in [0.29, 0.717) is 6.42 Å². The third-order valence-electron chi connectivity index (χ3n) is 3.46. The maximum atomic E-state index is 13.2. The van der Waals surface area contributed by atoms with Crippen LogP contribution >= 0.6 is 0 Å². The summed E-state index contributed by atoms with van der Waals surface area (Å²) in [4.78, 5) is 15.8. The molecule has 3 rings (SSSR count). The van der Waals surface area contributed by atoms with Crippen molar-refractivity contribution in [2.24, 2.45) is 5.92 Å². The first-order valence-electron chi connectivity index (χ1n) is 6.53. The molecule has 1 aliphatic carbocycles. The number of carbonyl (C=O) groups excluding carboxylic acids is 1.